The van der Waals surface area contributed by atoms with Crippen LogP contribution in [0.5, 0.6) is 0 Å². The van der Waals surface area contributed by atoms with Gasteiger partial charge in [-0.25, -0.2) is 4.79 Å². The van der Waals surface area contributed by atoms with Gasteiger partial charge in [0.2, 0.25) is 5.91 Å². The second kappa shape index (κ2) is 7.28. The Kier molecular flexibility index (Phi) is 6.02. The second-order valence-electron chi connectivity index (χ2n) is 4.66. The third kappa shape index (κ3) is 5.03. The van der Waals surface area contributed by atoms with Gasteiger partial charge in [-0.05, 0) is 44.7 Å². The first-order valence-corrected chi connectivity index (χ1v) is 7.33. The van der Waals surface area contributed by atoms with Crippen molar-refractivity contribution in [3.8, 4) is 0 Å². The van der Waals surface area contributed by atoms with Crippen LogP contribution in [0.1, 0.15) is 41.5 Å². The first-order chi connectivity index (χ1) is 8.93. The van der Waals surface area contributed by atoms with Crippen LogP contribution in [0.25, 0.3) is 0 Å². The molecule has 0 aliphatic carbocycles. The normalized spacial score (nSPS) is 12.2. The Hall–Kier alpha value is -1.36. The number of nitrogens with one attached hydrogen (secondary N) is 1. The lowest BCUT2D eigenvalue weighted by Gasteiger charge is -2.11. The van der Waals surface area contributed by atoms with Crippen LogP contribution in [0, 0.1) is 13.8 Å². The average Bonchev–Trinajstić information content (AvgIpc) is 2.64. The molecule has 0 bridgehead atoms. The number of carbonyl (C=O) groups excluding carboxylic acids is 1. The van der Waals surface area contributed by atoms with Gasteiger partial charge in [0, 0.05) is 16.2 Å². The maximum absolute atomic E-state index is 11.6. The smallest absolute Gasteiger partial charge is 0.326 e. The molecule has 106 valence electrons. The molecular formula is C14H21NO3S. The molecule has 1 aromatic rings. The van der Waals surface area contributed by atoms with E-state index in [-0.39, 0.29) is 5.91 Å². The van der Waals surface area contributed by atoms with Gasteiger partial charge in [-0.3, -0.25) is 4.79 Å². The van der Waals surface area contributed by atoms with E-state index in [9.17, 15) is 9.59 Å². The van der Waals surface area contributed by atoms with Crippen molar-refractivity contribution in [2.45, 2.75) is 52.5 Å². The zero-order valence-corrected chi connectivity index (χ0v) is 12.5. The van der Waals surface area contributed by atoms with Crippen molar-refractivity contribution in [2.24, 2.45) is 0 Å². The number of hydrogen-bond donors (Lipinski definition) is 2. The van der Waals surface area contributed by atoms with Crippen molar-refractivity contribution in [2.75, 3.05) is 0 Å². The van der Waals surface area contributed by atoms with Gasteiger partial charge in [-0.2, -0.15) is 0 Å². The van der Waals surface area contributed by atoms with E-state index in [1.807, 2.05) is 0 Å². The summed E-state index contributed by atoms with van der Waals surface area (Å²) in [5.41, 5.74) is 1.29. The topological polar surface area (TPSA) is 66.4 Å². The number of aliphatic carboxylic acids is 1. The largest absolute Gasteiger partial charge is 0.480 e. The fourth-order valence-corrected chi connectivity index (χ4v) is 2.95. The number of carbonyl (C=O) groups is 2. The van der Waals surface area contributed by atoms with E-state index in [4.69, 9.17) is 5.11 Å². The van der Waals surface area contributed by atoms with Crippen LogP contribution in [-0.2, 0) is 16.0 Å². The summed E-state index contributed by atoms with van der Waals surface area (Å²) in [6.07, 6.45) is 2.40. The molecule has 0 spiro atoms. The Morgan fingerprint density at radius 2 is 2.11 bits per heavy atom. The summed E-state index contributed by atoms with van der Waals surface area (Å²) in [5, 5.41) is 11.4. The van der Waals surface area contributed by atoms with Crippen LogP contribution >= 0.6 is 11.3 Å². The minimum absolute atomic E-state index is 0.182. The molecule has 0 aromatic carbocycles. The Balaban J connectivity index is 2.35. The fraction of sp³-hybridized carbons (Fsp3) is 0.571. The lowest BCUT2D eigenvalue weighted by atomic mass is 10.1. The summed E-state index contributed by atoms with van der Waals surface area (Å²) >= 11 is 1.77. The minimum atomic E-state index is -0.972. The molecule has 0 saturated heterocycles. The number of amides is 1. The van der Waals surface area contributed by atoms with E-state index < -0.39 is 12.0 Å². The molecule has 1 amide bonds. The summed E-state index contributed by atoms with van der Waals surface area (Å²) in [7, 11) is 0. The predicted octanol–water partition coefficient (Wildman–Crippen LogP) is 2.67. The Morgan fingerprint density at radius 1 is 1.42 bits per heavy atom. The quantitative estimate of drug-likeness (QED) is 0.808. The maximum Gasteiger partial charge on any atom is 0.326 e. The number of aryl methyl sites for hydroxylation is 3. The fourth-order valence-electron chi connectivity index (χ4n) is 1.98. The van der Waals surface area contributed by atoms with Gasteiger partial charge in [0.25, 0.3) is 0 Å². The van der Waals surface area contributed by atoms with E-state index >= 15 is 0 Å². The van der Waals surface area contributed by atoms with Gasteiger partial charge in [0.15, 0.2) is 0 Å². The van der Waals surface area contributed by atoms with E-state index in [0.717, 1.165) is 12.8 Å². The molecule has 0 aliphatic rings. The average molecular weight is 283 g/mol. The van der Waals surface area contributed by atoms with Gasteiger partial charge >= 0.3 is 5.97 Å². The van der Waals surface area contributed by atoms with E-state index in [0.29, 0.717) is 12.8 Å². The Morgan fingerprint density at radius 3 is 2.58 bits per heavy atom. The Labute approximate surface area is 117 Å². The number of carboxylic acid groups (broad SMARTS) is 1. The van der Waals surface area contributed by atoms with Gasteiger partial charge in [0.1, 0.15) is 6.04 Å². The van der Waals surface area contributed by atoms with E-state index in [1.54, 1.807) is 18.3 Å². The third-order valence-corrected chi connectivity index (χ3v) is 4.04. The molecule has 5 heteroatoms. The molecule has 0 radical (unpaired) electrons. The third-order valence-electron chi connectivity index (χ3n) is 3.04. The number of rotatable bonds is 7. The summed E-state index contributed by atoms with van der Waals surface area (Å²) in [4.78, 5) is 25.0. The van der Waals surface area contributed by atoms with Crippen LogP contribution in [0.2, 0.25) is 0 Å². The van der Waals surface area contributed by atoms with Gasteiger partial charge in [-0.15, -0.1) is 11.3 Å². The second-order valence-corrected chi connectivity index (χ2v) is 6.12. The van der Waals surface area contributed by atoms with Crippen molar-refractivity contribution in [1.29, 1.82) is 0 Å². The molecule has 1 aromatic heterocycles. The SMILES string of the molecule is CCC(NC(=O)CCCc1cc(C)sc1C)C(=O)O. The summed E-state index contributed by atoms with van der Waals surface area (Å²) in [6.45, 7) is 5.91. The summed E-state index contributed by atoms with van der Waals surface area (Å²) in [5.74, 6) is -1.15. The maximum atomic E-state index is 11.6. The molecule has 1 atom stereocenters. The van der Waals surface area contributed by atoms with Crippen molar-refractivity contribution in [3.05, 3.63) is 21.4 Å². The minimum Gasteiger partial charge on any atom is -0.480 e. The highest BCUT2D eigenvalue weighted by Gasteiger charge is 2.17. The molecule has 1 unspecified atom stereocenters. The van der Waals surface area contributed by atoms with Crippen molar-refractivity contribution < 1.29 is 14.7 Å². The predicted molar refractivity (Wildman–Crippen MR) is 76.6 cm³/mol. The van der Waals surface area contributed by atoms with Gasteiger partial charge < -0.3 is 10.4 Å². The molecule has 1 heterocycles. The standard InChI is InChI=1S/C14H21NO3S/c1-4-12(14(17)18)15-13(16)7-5-6-11-8-9(2)19-10(11)3/h8,12H,4-7H2,1-3H3,(H,15,16)(H,17,18). The van der Waals surface area contributed by atoms with Crippen molar-refractivity contribution >= 4 is 23.2 Å². The first kappa shape index (κ1) is 15.7. The summed E-state index contributed by atoms with van der Waals surface area (Å²) < 4.78 is 0. The Bertz CT molecular complexity index is 454. The van der Waals surface area contributed by atoms with Crippen LogP contribution in [0.4, 0.5) is 0 Å². The van der Waals surface area contributed by atoms with Crippen LogP contribution in [0.3, 0.4) is 0 Å². The van der Waals surface area contributed by atoms with Crippen LogP contribution in [-0.4, -0.2) is 23.0 Å². The first-order valence-electron chi connectivity index (χ1n) is 6.52. The molecule has 0 fully saturated rings. The zero-order chi connectivity index (χ0) is 14.4. The lowest BCUT2D eigenvalue weighted by molar-refractivity contribution is -0.141. The number of carboxylic acids is 1. The van der Waals surface area contributed by atoms with Crippen molar-refractivity contribution in [3.63, 3.8) is 0 Å². The monoisotopic (exact) mass is 283 g/mol. The molecule has 19 heavy (non-hydrogen) atoms. The molecule has 1 rings (SSSR count). The highest BCUT2D eigenvalue weighted by atomic mass is 32.1. The van der Waals surface area contributed by atoms with E-state index in [1.165, 1.54) is 15.3 Å². The number of hydrogen-bond acceptors (Lipinski definition) is 3. The van der Waals surface area contributed by atoms with Gasteiger partial charge in [-0.1, -0.05) is 6.92 Å². The molecule has 0 saturated carbocycles. The zero-order valence-electron chi connectivity index (χ0n) is 11.7. The molecule has 4 nitrogen and oxygen atoms in total. The van der Waals surface area contributed by atoms with Crippen LogP contribution < -0.4 is 5.32 Å². The molecule has 2 N–H and O–H groups in total. The molecular weight excluding hydrogens is 262 g/mol. The highest BCUT2D eigenvalue weighted by Crippen LogP contribution is 2.22. The van der Waals surface area contributed by atoms with Crippen LogP contribution in [0.15, 0.2) is 6.07 Å². The highest BCUT2D eigenvalue weighted by molar-refractivity contribution is 7.12. The summed E-state index contributed by atoms with van der Waals surface area (Å²) in [6, 6.07) is 1.39. The molecule has 0 aliphatic heterocycles. The van der Waals surface area contributed by atoms with Gasteiger partial charge in [0.05, 0.1) is 0 Å². The van der Waals surface area contributed by atoms with Crippen molar-refractivity contribution in [1.82, 2.24) is 5.32 Å². The van der Waals surface area contributed by atoms with E-state index in [2.05, 4.69) is 25.2 Å². The number of thiophene rings is 1. The lowest BCUT2D eigenvalue weighted by Crippen LogP contribution is -2.40.